The van der Waals surface area contributed by atoms with Crippen molar-refractivity contribution in [3.05, 3.63) is 0 Å². The van der Waals surface area contributed by atoms with Gasteiger partial charge in [-0.1, -0.05) is 67.3 Å². The fourth-order valence-corrected chi connectivity index (χ4v) is 5.80. The van der Waals surface area contributed by atoms with E-state index in [1.807, 2.05) is 0 Å². The SMILES string of the molecule is C[Si](C)(CCCCCCCCBr)OC1CCCCC1. The van der Waals surface area contributed by atoms with E-state index >= 15 is 0 Å². The summed E-state index contributed by atoms with van der Waals surface area (Å²) in [5.74, 6) is 0. The van der Waals surface area contributed by atoms with Crippen LogP contribution in [0.3, 0.4) is 0 Å². The van der Waals surface area contributed by atoms with Crippen LogP contribution in [0.1, 0.15) is 70.6 Å². The minimum atomic E-state index is -1.37. The molecule has 0 aromatic carbocycles. The molecular formula is C16H33BrOSi. The number of hydrogen-bond acceptors (Lipinski definition) is 1. The van der Waals surface area contributed by atoms with Gasteiger partial charge in [0, 0.05) is 11.4 Å². The molecule has 1 nitrogen and oxygen atoms in total. The van der Waals surface area contributed by atoms with E-state index in [-0.39, 0.29) is 0 Å². The van der Waals surface area contributed by atoms with Crippen LogP contribution in [0.4, 0.5) is 0 Å². The first-order chi connectivity index (χ1) is 9.14. The number of rotatable bonds is 10. The fourth-order valence-electron chi connectivity index (χ4n) is 3.05. The molecule has 0 saturated heterocycles. The number of alkyl halides is 1. The lowest BCUT2D eigenvalue weighted by Crippen LogP contribution is -2.36. The van der Waals surface area contributed by atoms with E-state index in [1.165, 1.54) is 82.0 Å². The summed E-state index contributed by atoms with van der Waals surface area (Å²) in [7, 11) is -1.37. The lowest BCUT2D eigenvalue weighted by Gasteiger charge is -2.31. The highest BCUT2D eigenvalue weighted by Crippen LogP contribution is 2.26. The first kappa shape index (κ1) is 17.7. The lowest BCUT2D eigenvalue weighted by atomic mass is 9.98. The molecule has 1 aliphatic carbocycles. The Morgan fingerprint density at radius 2 is 1.47 bits per heavy atom. The first-order valence-corrected chi connectivity index (χ1v) is 12.6. The van der Waals surface area contributed by atoms with Gasteiger partial charge in [0.05, 0.1) is 0 Å². The molecule has 0 radical (unpaired) electrons. The molecule has 0 spiro atoms. The summed E-state index contributed by atoms with van der Waals surface area (Å²) in [5.41, 5.74) is 0. The molecule has 0 bridgehead atoms. The van der Waals surface area contributed by atoms with Crippen molar-refractivity contribution < 1.29 is 4.43 Å². The summed E-state index contributed by atoms with van der Waals surface area (Å²) >= 11 is 3.49. The number of unbranched alkanes of at least 4 members (excludes halogenated alkanes) is 5. The molecule has 0 atom stereocenters. The standard InChI is InChI=1S/C16H33BrOSi/c1-19(2,18-16-12-8-7-9-13-16)15-11-6-4-3-5-10-14-17/h16H,3-15H2,1-2H3. The van der Waals surface area contributed by atoms with Crippen LogP contribution in [0.15, 0.2) is 0 Å². The van der Waals surface area contributed by atoms with Crippen molar-refractivity contribution in [2.24, 2.45) is 0 Å². The van der Waals surface area contributed by atoms with Crippen molar-refractivity contribution in [1.29, 1.82) is 0 Å². The summed E-state index contributed by atoms with van der Waals surface area (Å²) in [6, 6.07) is 1.36. The van der Waals surface area contributed by atoms with E-state index in [4.69, 9.17) is 4.43 Å². The second-order valence-electron chi connectivity index (χ2n) is 6.70. The number of hydrogen-bond donors (Lipinski definition) is 0. The maximum absolute atomic E-state index is 6.46. The molecule has 19 heavy (non-hydrogen) atoms. The normalized spacial score (nSPS) is 17.8. The predicted molar refractivity (Wildman–Crippen MR) is 91.7 cm³/mol. The van der Waals surface area contributed by atoms with Crippen molar-refractivity contribution in [3.63, 3.8) is 0 Å². The minimum absolute atomic E-state index is 0.606. The molecule has 1 rings (SSSR count). The third-order valence-electron chi connectivity index (χ3n) is 4.20. The summed E-state index contributed by atoms with van der Waals surface area (Å²) in [6.45, 7) is 4.85. The van der Waals surface area contributed by atoms with E-state index in [1.54, 1.807) is 0 Å². The highest BCUT2D eigenvalue weighted by molar-refractivity contribution is 9.09. The Morgan fingerprint density at radius 1 is 0.895 bits per heavy atom. The van der Waals surface area contributed by atoms with Gasteiger partial charge in [0.2, 0.25) is 0 Å². The van der Waals surface area contributed by atoms with E-state index in [2.05, 4.69) is 29.0 Å². The fraction of sp³-hybridized carbons (Fsp3) is 1.00. The largest absolute Gasteiger partial charge is 0.414 e. The van der Waals surface area contributed by atoms with Crippen LogP contribution in [0.2, 0.25) is 19.1 Å². The van der Waals surface area contributed by atoms with Crippen LogP contribution in [0, 0.1) is 0 Å². The Bertz CT molecular complexity index is 215. The topological polar surface area (TPSA) is 9.23 Å². The van der Waals surface area contributed by atoms with Gasteiger partial charge < -0.3 is 4.43 Å². The highest BCUT2D eigenvalue weighted by Gasteiger charge is 2.26. The quantitative estimate of drug-likeness (QED) is 0.256. The lowest BCUT2D eigenvalue weighted by molar-refractivity contribution is 0.145. The molecule has 0 aromatic rings. The molecule has 0 heterocycles. The second-order valence-corrected chi connectivity index (χ2v) is 11.7. The van der Waals surface area contributed by atoms with Gasteiger partial charge in [-0.05, 0) is 38.4 Å². The molecule has 3 heteroatoms. The third kappa shape index (κ3) is 9.25. The molecule has 0 aliphatic heterocycles. The van der Waals surface area contributed by atoms with E-state index < -0.39 is 8.32 Å². The molecule has 1 fully saturated rings. The highest BCUT2D eigenvalue weighted by atomic mass is 79.9. The number of halogens is 1. The van der Waals surface area contributed by atoms with Gasteiger partial charge in [-0.25, -0.2) is 0 Å². The predicted octanol–water partition coefficient (Wildman–Crippen LogP) is 6.28. The van der Waals surface area contributed by atoms with Gasteiger partial charge in [0.15, 0.2) is 8.32 Å². The Kier molecular flexibility index (Phi) is 9.69. The summed E-state index contributed by atoms with van der Waals surface area (Å²) < 4.78 is 6.46. The van der Waals surface area contributed by atoms with Crippen molar-refractivity contribution >= 4 is 24.2 Å². The summed E-state index contributed by atoms with van der Waals surface area (Å²) in [5, 5.41) is 1.17. The monoisotopic (exact) mass is 348 g/mol. The van der Waals surface area contributed by atoms with E-state index in [0.29, 0.717) is 6.10 Å². The first-order valence-electron chi connectivity index (χ1n) is 8.38. The van der Waals surface area contributed by atoms with Gasteiger partial charge in [0.25, 0.3) is 0 Å². The molecule has 1 saturated carbocycles. The van der Waals surface area contributed by atoms with Gasteiger partial charge in [0.1, 0.15) is 0 Å². The van der Waals surface area contributed by atoms with Crippen molar-refractivity contribution in [2.45, 2.75) is 95.9 Å². The van der Waals surface area contributed by atoms with Crippen molar-refractivity contribution in [1.82, 2.24) is 0 Å². The molecule has 0 aromatic heterocycles. The average Bonchev–Trinajstić information content (AvgIpc) is 2.38. The maximum atomic E-state index is 6.46. The van der Waals surface area contributed by atoms with E-state index in [9.17, 15) is 0 Å². The Hall–Kier alpha value is 0.657. The van der Waals surface area contributed by atoms with Crippen LogP contribution in [0.5, 0.6) is 0 Å². The molecule has 0 unspecified atom stereocenters. The Labute approximate surface area is 130 Å². The van der Waals surface area contributed by atoms with Crippen LogP contribution < -0.4 is 0 Å². The van der Waals surface area contributed by atoms with E-state index in [0.717, 1.165) is 0 Å². The van der Waals surface area contributed by atoms with Gasteiger partial charge in [-0.3, -0.25) is 0 Å². The van der Waals surface area contributed by atoms with Crippen LogP contribution >= 0.6 is 15.9 Å². The molecule has 114 valence electrons. The van der Waals surface area contributed by atoms with Gasteiger partial charge in [-0.15, -0.1) is 0 Å². The molecule has 1 aliphatic rings. The Morgan fingerprint density at radius 3 is 2.11 bits per heavy atom. The maximum Gasteiger partial charge on any atom is 0.187 e. The van der Waals surface area contributed by atoms with Crippen LogP contribution in [-0.2, 0) is 4.43 Å². The zero-order chi connectivity index (χ0) is 14.0. The minimum Gasteiger partial charge on any atom is -0.414 e. The molecular weight excluding hydrogens is 316 g/mol. The van der Waals surface area contributed by atoms with Gasteiger partial charge in [-0.2, -0.15) is 0 Å². The van der Waals surface area contributed by atoms with Gasteiger partial charge >= 0.3 is 0 Å². The second kappa shape index (κ2) is 10.4. The van der Waals surface area contributed by atoms with Crippen LogP contribution in [0.25, 0.3) is 0 Å². The third-order valence-corrected chi connectivity index (χ3v) is 7.29. The molecule has 0 amide bonds. The van der Waals surface area contributed by atoms with Crippen molar-refractivity contribution in [2.75, 3.05) is 5.33 Å². The zero-order valence-corrected chi connectivity index (χ0v) is 15.6. The summed E-state index contributed by atoms with van der Waals surface area (Å²) in [6.07, 6.45) is 15.8. The zero-order valence-electron chi connectivity index (χ0n) is 13.1. The van der Waals surface area contributed by atoms with Crippen LogP contribution in [-0.4, -0.2) is 19.8 Å². The van der Waals surface area contributed by atoms with Crippen molar-refractivity contribution in [3.8, 4) is 0 Å². The molecule has 0 N–H and O–H groups in total. The smallest absolute Gasteiger partial charge is 0.187 e. The summed E-state index contributed by atoms with van der Waals surface area (Å²) in [4.78, 5) is 0. The average molecular weight is 349 g/mol. The Balaban J connectivity index is 2.02.